The molecule has 0 amide bonds. The van der Waals surface area contributed by atoms with E-state index < -0.39 is 0 Å². The van der Waals surface area contributed by atoms with Gasteiger partial charge in [-0.3, -0.25) is 4.98 Å². The normalized spacial score (nSPS) is 16.1. The molecule has 2 aromatic rings. The second-order valence-electron chi connectivity index (χ2n) is 5.54. The summed E-state index contributed by atoms with van der Waals surface area (Å²) < 4.78 is 0. The van der Waals surface area contributed by atoms with Crippen molar-refractivity contribution in [2.75, 3.05) is 6.54 Å². The van der Waals surface area contributed by atoms with E-state index in [1.165, 1.54) is 18.4 Å². The maximum Gasteiger partial charge on any atom is 0.159 e. The fourth-order valence-corrected chi connectivity index (χ4v) is 2.32. The van der Waals surface area contributed by atoms with Crippen LogP contribution in [0.2, 0.25) is 0 Å². The monoisotopic (exact) mass is 268 g/mol. The number of nitrogens with zero attached hydrogens (tertiary/aromatic N) is 3. The van der Waals surface area contributed by atoms with E-state index in [2.05, 4.69) is 34.1 Å². The summed E-state index contributed by atoms with van der Waals surface area (Å²) in [6.07, 6.45) is 8.22. The average Bonchev–Trinajstić information content (AvgIpc) is 3.30. The Hall–Kier alpha value is -1.81. The van der Waals surface area contributed by atoms with E-state index in [9.17, 15) is 0 Å². The van der Waals surface area contributed by atoms with Gasteiger partial charge >= 0.3 is 0 Å². The lowest BCUT2D eigenvalue weighted by atomic mass is 10.1. The molecule has 0 spiro atoms. The number of rotatable bonds is 5. The van der Waals surface area contributed by atoms with Crippen LogP contribution in [0.3, 0.4) is 0 Å². The van der Waals surface area contributed by atoms with Gasteiger partial charge in [0.1, 0.15) is 0 Å². The van der Waals surface area contributed by atoms with Gasteiger partial charge in [0.05, 0.1) is 0 Å². The van der Waals surface area contributed by atoms with Gasteiger partial charge in [0, 0.05) is 41.5 Å². The zero-order valence-electron chi connectivity index (χ0n) is 12.0. The van der Waals surface area contributed by atoms with Gasteiger partial charge in [-0.2, -0.15) is 0 Å². The molecule has 104 valence electrons. The van der Waals surface area contributed by atoms with Gasteiger partial charge in [-0.1, -0.05) is 0 Å². The first kappa shape index (κ1) is 13.2. The zero-order chi connectivity index (χ0) is 13.9. The first-order valence-corrected chi connectivity index (χ1v) is 7.21. The minimum atomic E-state index is 0.307. The summed E-state index contributed by atoms with van der Waals surface area (Å²) >= 11 is 0. The summed E-state index contributed by atoms with van der Waals surface area (Å²) in [4.78, 5) is 13.1. The van der Waals surface area contributed by atoms with Crippen LogP contribution in [-0.2, 0) is 0 Å². The SMILES string of the molecule is Cc1nc(-c2ccncc2)ncc1[C@H](C)NCC1CC1. The Kier molecular flexibility index (Phi) is 3.74. The molecule has 20 heavy (non-hydrogen) atoms. The van der Waals surface area contributed by atoms with E-state index in [-0.39, 0.29) is 0 Å². The molecule has 0 aromatic carbocycles. The molecular formula is C16H20N4. The van der Waals surface area contributed by atoms with Gasteiger partial charge in [0.15, 0.2) is 5.82 Å². The molecule has 1 fully saturated rings. The predicted octanol–water partition coefficient (Wildman–Crippen LogP) is 2.91. The summed E-state index contributed by atoms with van der Waals surface area (Å²) in [5.41, 5.74) is 3.24. The van der Waals surface area contributed by atoms with E-state index in [1.54, 1.807) is 12.4 Å². The van der Waals surface area contributed by atoms with Gasteiger partial charge < -0.3 is 5.32 Å². The van der Waals surface area contributed by atoms with Crippen LogP contribution in [-0.4, -0.2) is 21.5 Å². The van der Waals surface area contributed by atoms with Crippen LogP contribution in [0.1, 0.15) is 37.1 Å². The summed E-state index contributed by atoms with van der Waals surface area (Å²) in [6.45, 7) is 5.34. The highest BCUT2D eigenvalue weighted by molar-refractivity contribution is 5.53. The molecule has 1 aliphatic rings. The van der Waals surface area contributed by atoms with Crippen molar-refractivity contribution in [1.29, 1.82) is 0 Å². The van der Waals surface area contributed by atoms with Crippen LogP contribution in [0.5, 0.6) is 0 Å². The summed E-state index contributed by atoms with van der Waals surface area (Å²) in [7, 11) is 0. The van der Waals surface area contributed by atoms with E-state index >= 15 is 0 Å². The van der Waals surface area contributed by atoms with E-state index in [0.29, 0.717) is 6.04 Å². The number of hydrogen-bond acceptors (Lipinski definition) is 4. The van der Waals surface area contributed by atoms with Crippen LogP contribution in [0.15, 0.2) is 30.7 Å². The molecule has 4 heteroatoms. The quantitative estimate of drug-likeness (QED) is 0.906. The van der Waals surface area contributed by atoms with Crippen molar-refractivity contribution in [2.24, 2.45) is 5.92 Å². The molecule has 0 bridgehead atoms. The minimum absolute atomic E-state index is 0.307. The molecule has 1 aliphatic carbocycles. The highest BCUT2D eigenvalue weighted by Gasteiger charge is 2.22. The standard InChI is InChI=1S/C16H20N4/c1-11(18-9-13-3-4-13)15-10-19-16(20-12(15)2)14-5-7-17-8-6-14/h5-8,10-11,13,18H,3-4,9H2,1-2H3/t11-/m0/s1. The Morgan fingerprint density at radius 2 is 2.05 bits per heavy atom. The fourth-order valence-electron chi connectivity index (χ4n) is 2.32. The second-order valence-corrected chi connectivity index (χ2v) is 5.54. The summed E-state index contributed by atoms with van der Waals surface area (Å²) in [5, 5.41) is 3.57. The van der Waals surface area contributed by atoms with Gasteiger partial charge in [-0.15, -0.1) is 0 Å². The summed E-state index contributed by atoms with van der Waals surface area (Å²) in [6, 6.07) is 4.17. The molecule has 4 nitrogen and oxygen atoms in total. The zero-order valence-corrected chi connectivity index (χ0v) is 12.0. The topological polar surface area (TPSA) is 50.7 Å². The molecule has 2 heterocycles. The Balaban J connectivity index is 1.76. The van der Waals surface area contributed by atoms with Gasteiger partial charge in [-0.05, 0) is 51.3 Å². The van der Waals surface area contributed by atoms with E-state index in [4.69, 9.17) is 0 Å². The third-order valence-electron chi connectivity index (χ3n) is 3.83. The third kappa shape index (κ3) is 3.02. The average molecular weight is 268 g/mol. The van der Waals surface area contributed by atoms with Crippen molar-refractivity contribution in [2.45, 2.75) is 32.7 Å². The van der Waals surface area contributed by atoms with Crippen LogP contribution in [0.25, 0.3) is 11.4 Å². The van der Waals surface area contributed by atoms with Crippen LogP contribution >= 0.6 is 0 Å². The second kappa shape index (κ2) is 5.67. The van der Waals surface area contributed by atoms with Gasteiger partial charge in [0.2, 0.25) is 0 Å². The minimum Gasteiger partial charge on any atom is -0.310 e. The van der Waals surface area contributed by atoms with Crippen LogP contribution < -0.4 is 5.32 Å². The number of aromatic nitrogens is 3. The van der Waals surface area contributed by atoms with Crippen molar-refractivity contribution < 1.29 is 0 Å². The van der Waals surface area contributed by atoms with Crippen LogP contribution in [0.4, 0.5) is 0 Å². The molecule has 0 saturated heterocycles. The van der Waals surface area contributed by atoms with E-state index in [0.717, 1.165) is 29.5 Å². The largest absolute Gasteiger partial charge is 0.310 e. The molecule has 0 radical (unpaired) electrons. The first-order chi connectivity index (χ1) is 9.74. The van der Waals surface area contributed by atoms with Gasteiger partial charge in [-0.25, -0.2) is 9.97 Å². The predicted molar refractivity (Wildman–Crippen MR) is 79.1 cm³/mol. The number of nitrogens with one attached hydrogen (secondary N) is 1. The smallest absolute Gasteiger partial charge is 0.159 e. The Morgan fingerprint density at radius 1 is 1.30 bits per heavy atom. The van der Waals surface area contributed by atoms with Crippen molar-refractivity contribution in [3.05, 3.63) is 42.0 Å². The molecule has 0 unspecified atom stereocenters. The molecular weight excluding hydrogens is 248 g/mol. The number of pyridine rings is 1. The Labute approximate surface area is 119 Å². The molecule has 2 aromatic heterocycles. The lowest BCUT2D eigenvalue weighted by Crippen LogP contribution is -2.22. The number of aryl methyl sites for hydroxylation is 1. The molecule has 3 rings (SSSR count). The van der Waals surface area contributed by atoms with Crippen LogP contribution in [0, 0.1) is 12.8 Å². The number of hydrogen-bond donors (Lipinski definition) is 1. The lowest BCUT2D eigenvalue weighted by molar-refractivity contribution is 0.543. The molecule has 1 atom stereocenters. The van der Waals surface area contributed by atoms with Crippen molar-refractivity contribution in [3.63, 3.8) is 0 Å². The molecule has 1 N–H and O–H groups in total. The first-order valence-electron chi connectivity index (χ1n) is 7.21. The van der Waals surface area contributed by atoms with Gasteiger partial charge in [0.25, 0.3) is 0 Å². The maximum atomic E-state index is 4.63. The van der Waals surface area contributed by atoms with Crippen molar-refractivity contribution in [3.8, 4) is 11.4 Å². The van der Waals surface area contributed by atoms with E-state index in [1.807, 2.05) is 18.3 Å². The van der Waals surface area contributed by atoms with Crippen molar-refractivity contribution in [1.82, 2.24) is 20.3 Å². The fraction of sp³-hybridized carbons (Fsp3) is 0.438. The lowest BCUT2D eigenvalue weighted by Gasteiger charge is -2.16. The molecule has 0 aliphatic heterocycles. The summed E-state index contributed by atoms with van der Waals surface area (Å²) in [5.74, 6) is 1.65. The third-order valence-corrected chi connectivity index (χ3v) is 3.83. The Bertz CT molecular complexity index is 578. The maximum absolute atomic E-state index is 4.63. The molecule has 1 saturated carbocycles. The Morgan fingerprint density at radius 3 is 2.70 bits per heavy atom. The highest BCUT2D eigenvalue weighted by Crippen LogP contribution is 2.28. The van der Waals surface area contributed by atoms with Crippen molar-refractivity contribution >= 4 is 0 Å². The highest BCUT2D eigenvalue weighted by atomic mass is 14.9.